The normalized spacial score (nSPS) is 13.7. The van der Waals surface area contributed by atoms with E-state index in [4.69, 9.17) is 11.6 Å². The minimum absolute atomic E-state index is 0.216. The third-order valence-corrected chi connectivity index (χ3v) is 6.58. The molecule has 1 heterocycles. The Hall–Kier alpha value is -1.74. The van der Waals surface area contributed by atoms with Crippen LogP contribution in [0.2, 0.25) is 5.02 Å². The van der Waals surface area contributed by atoms with E-state index in [1.165, 1.54) is 7.05 Å². The zero-order valence-corrected chi connectivity index (χ0v) is 17.7. The van der Waals surface area contributed by atoms with E-state index in [0.29, 0.717) is 21.6 Å². The van der Waals surface area contributed by atoms with Crippen molar-refractivity contribution in [3.63, 3.8) is 0 Å². The van der Waals surface area contributed by atoms with Crippen LogP contribution in [0.25, 0.3) is 6.08 Å². The summed E-state index contributed by atoms with van der Waals surface area (Å²) >= 11 is 7.21. The predicted molar refractivity (Wildman–Crippen MR) is 109 cm³/mol. The van der Waals surface area contributed by atoms with Crippen LogP contribution in [0.15, 0.2) is 27.8 Å². The summed E-state index contributed by atoms with van der Waals surface area (Å²) in [5, 5.41) is 11.4. The van der Waals surface area contributed by atoms with Crippen LogP contribution < -0.4 is 4.80 Å². The maximum absolute atomic E-state index is 13.0. The molecule has 0 bridgehead atoms. The first-order chi connectivity index (χ1) is 12.3. The number of aromatic nitrogens is 1. The first kappa shape index (κ1) is 21.6. The van der Waals surface area contributed by atoms with Gasteiger partial charge in [0.2, 0.25) is 0 Å². The lowest BCUT2D eigenvalue weighted by Crippen LogP contribution is -2.18. The summed E-state index contributed by atoms with van der Waals surface area (Å²) < 4.78 is 39.9. The average molecular weight is 432 g/mol. The molecular weight excluding hydrogens is 414 g/mol. The summed E-state index contributed by atoms with van der Waals surface area (Å²) in [7, 11) is 1.33. The van der Waals surface area contributed by atoms with E-state index in [2.05, 4.69) is 17.4 Å². The van der Waals surface area contributed by atoms with Gasteiger partial charge in [0.25, 0.3) is 0 Å². The highest BCUT2D eigenvalue weighted by Gasteiger charge is 2.34. The van der Waals surface area contributed by atoms with Crippen molar-refractivity contribution in [1.82, 2.24) is 4.57 Å². The molecule has 0 aliphatic rings. The van der Waals surface area contributed by atoms with Gasteiger partial charge in [-0.2, -0.15) is 18.4 Å². The van der Waals surface area contributed by atoms with E-state index in [9.17, 15) is 18.4 Å². The van der Waals surface area contributed by atoms with Gasteiger partial charge in [-0.05, 0) is 49.6 Å². The minimum atomic E-state index is -4.44. The second-order valence-electron chi connectivity index (χ2n) is 6.56. The molecule has 0 unspecified atom stereocenters. The molecule has 144 valence electrons. The van der Waals surface area contributed by atoms with Gasteiger partial charge in [-0.25, -0.2) is 4.99 Å². The summed E-state index contributed by atoms with van der Waals surface area (Å²) in [5.41, 5.74) is 1.05. The molecule has 1 aromatic carbocycles. The number of hydrogen-bond donors (Lipinski definition) is 0. The van der Waals surface area contributed by atoms with Crippen LogP contribution >= 0.6 is 29.8 Å². The number of allylic oxidation sites excluding steroid dienone is 1. The minimum Gasteiger partial charge on any atom is -0.316 e. The van der Waals surface area contributed by atoms with Gasteiger partial charge in [-0.1, -0.05) is 24.8 Å². The van der Waals surface area contributed by atoms with Gasteiger partial charge in [0.15, 0.2) is 4.80 Å². The number of aryl methyl sites for hydroxylation is 1. The number of nitriles is 1. The molecule has 0 saturated carbocycles. The molecule has 27 heavy (non-hydrogen) atoms. The molecule has 9 heteroatoms. The first-order valence-electron chi connectivity index (χ1n) is 7.72. The summed E-state index contributed by atoms with van der Waals surface area (Å²) in [6.45, 7) is 3.82. The highest BCUT2D eigenvalue weighted by Crippen LogP contribution is 2.46. The molecule has 0 saturated heterocycles. The van der Waals surface area contributed by atoms with Crippen molar-refractivity contribution in [2.45, 2.75) is 13.1 Å². The van der Waals surface area contributed by atoms with Crippen LogP contribution in [0.3, 0.4) is 0 Å². The molecule has 0 spiro atoms. The summed E-state index contributed by atoms with van der Waals surface area (Å²) in [4.78, 5) is 4.59. The van der Waals surface area contributed by atoms with Gasteiger partial charge in [-0.3, -0.25) is 0 Å². The molecule has 0 aliphatic carbocycles. The second-order valence-corrected chi connectivity index (χ2v) is 11.7. The Kier molecular flexibility index (Phi) is 6.16. The number of rotatable bonds is 3. The van der Waals surface area contributed by atoms with E-state index < -0.39 is 18.8 Å². The zero-order valence-electron chi connectivity index (χ0n) is 15.2. The van der Waals surface area contributed by atoms with E-state index in [-0.39, 0.29) is 4.80 Å². The van der Waals surface area contributed by atoms with Crippen molar-refractivity contribution in [1.29, 1.82) is 5.26 Å². The van der Waals surface area contributed by atoms with Gasteiger partial charge in [0.1, 0.15) is 5.69 Å². The molecule has 0 fully saturated rings. The Morgan fingerprint density at radius 1 is 1.41 bits per heavy atom. The maximum Gasteiger partial charge on any atom is 0.432 e. The van der Waals surface area contributed by atoms with Gasteiger partial charge < -0.3 is 4.57 Å². The standard InChI is InChI=1S/C18H18ClF3N3PS/c1-11-6-14(19)12(7-13(9-23)26(3,4)5)8-15(11)24-17-25(2)16(10-27-17)18(20,21)22/h6-8,10H,3H2,1-2,4-5H3/b13-7+,24-17?. The Morgan fingerprint density at radius 2 is 2.04 bits per heavy atom. The Bertz CT molecular complexity index is 1060. The smallest absolute Gasteiger partial charge is 0.316 e. The quantitative estimate of drug-likeness (QED) is 0.442. The summed E-state index contributed by atoms with van der Waals surface area (Å²) in [6, 6.07) is 5.53. The fourth-order valence-electron chi connectivity index (χ4n) is 2.23. The lowest BCUT2D eigenvalue weighted by molar-refractivity contribution is -0.143. The highest BCUT2D eigenvalue weighted by atomic mass is 35.5. The SMILES string of the molecule is C=P(C)(C)/C(C#N)=C/c1cc(N=c2scc(C(F)(F)F)n2C)c(C)cc1Cl. The number of thiazole rings is 1. The molecule has 0 aliphatic heterocycles. The van der Waals surface area contributed by atoms with Crippen molar-refractivity contribution in [2.24, 2.45) is 12.0 Å². The topological polar surface area (TPSA) is 41.1 Å². The number of hydrogen-bond acceptors (Lipinski definition) is 3. The zero-order chi connectivity index (χ0) is 20.6. The molecule has 1 aromatic heterocycles. The first-order valence-corrected chi connectivity index (χ1v) is 11.8. The fraction of sp³-hybridized carbons (Fsp3) is 0.278. The summed E-state index contributed by atoms with van der Waals surface area (Å²) in [6.07, 6.45) is 1.30. The second kappa shape index (κ2) is 7.71. The third kappa shape index (κ3) is 4.95. The highest BCUT2D eigenvalue weighted by molar-refractivity contribution is 7.76. The molecular formula is C18H18ClF3N3PS. The third-order valence-electron chi connectivity index (χ3n) is 3.80. The number of nitrogens with zero attached hydrogens (tertiary/aromatic N) is 3. The molecule has 2 rings (SSSR count). The predicted octanol–water partition coefficient (Wildman–Crippen LogP) is 5.87. The Labute approximate surface area is 165 Å². The van der Waals surface area contributed by atoms with E-state index in [1.807, 2.05) is 13.3 Å². The van der Waals surface area contributed by atoms with Crippen LogP contribution in [0.1, 0.15) is 16.8 Å². The number of halogens is 4. The Balaban J connectivity index is 2.65. The van der Waals surface area contributed by atoms with Gasteiger partial charge >= 0.3 is 6.18 Å². The van der Waals surface area contributed by atoms with Crippen molar-refractivity contribution in [3.05, 3.63) is 49.5 Å². The van der Waals surface area contributed by atoms with Crippen molar-refractivity contribution >= 4 is 47.9 Å². The number of benzene rings is 1. The van der Waals surface area contributed by atoms with Gasteiger partial charge in [0, 0.05) is 17.5 Å². The van der Waals surface area contributed by atoms with E-state index in [0.717, 1.165) is 26.8 Å². The van der Waals surface area contributed by atoms with Crippen LogP contribution in [0, 0.1) is 18.3 Å². The average Bonchev–Trinajstić information content (AvgIpc) is 2.88. The lowest BCUT2D eigenvalue weighted by atomic mass is 10.1. The Morgan fingerprint density at radius 3 is 2.52 bits per heavy atom. The van der Waals surface area contributed by atoms with Crippen LogP contribution in [0.4, 0.5) is 18.9 Å². The summed E-state index contributed by atoms with van der Waals surface area (Å²) in [5.74, 6) is 0. The molecule has 2 aromatic rings. The molecule has 0 atom stereocenters. The monoisotopic (exact) mass is 431 g/mol. The number of alkyl halides is 3. The maximum atomic E-state index is 13.0. The lowest BCUT2D eigenvalue weighted by Gasteiger charge is -2.12. The van der Waals surface area contributed by atoms with Crippen LogP contribution in [-0.2, 0) is 13.2 Å². The molecule has 0 radical (unpaired) electrons. The van der Waals surface area contributed by atoms with Crippen molar-refractivity contribution < 1.29 is 13.2 Å². The van der Waals surface area contributed by atoms with Crippen molar-refractivity contribution in [2.75, 3.05) is 13.3 Å². The molecule has 0 amide bonds. The van der Waals surface area contributed by atoms with Crippen LogP contribution in [0.5, 0.6) is 0 Å². The molecule has 0 N–H and O–H groups in total. The van der Waals surface area contributed by atoms with Gasteiger partial charge in [-0.15, -0.1) is 11.3 Å². The molecule has 3 nitrogen and oxygen atoms in total. The van der Waals surface area contributed by atoms with E-state index >= 15 is 0 Å². The largest absolute Gasteiger partial charge is 0.432 e. The van der Waals surface area contributed by atoms with Crippen LogP contribution in [-0.4, -0.2) is 24.2 Å². The van der Waals surface area contributed by atoms with E-state index in [1.54, 1.807) is 25.1 Å². The fourth-order valence-corrected chi connectivity index (χ4v) is 4.18. The van der Waals surface area contributed by atoms with Crippen molar-refractivity contribution in [3.8, 4) is 6.07 Å². The van der Waals surface area contributed by atoms with Gasteiger partial charge in [0.05, 0.1) is 17.1 Å².